The largest absolute Gasteiger partial charge is 0.446 e. The quantitative estimate of drug-likeness (QED) is 0.346. The van der Waals surface area contributed by atoms with Gasteiger partial charge in [-0.2, -0.15) is 0 Å². The highest BCUT2D eigenvalue weighted by atomic mass is 16.6. The maximum Gasteiger partial charge on any atom is 0.410 e. The molecule has 2 heterocycles. The summed E-state index contributed by atoms with van der Waals surface area (Å²) in [5.41, 5.74) is 5.97. The molecule has 2 spiro atoms. The molecule has 0 radical (unpaired) electrons. The van der Waals surface area contributed by atoms with E-state index >= 15 is 0 Å². The minimum Gasteiger partial charge on any atom is -0.446 e. The molecule has 7 aliphatic rings. The summed E-state index contributed by atoms with van der Waals surface area (Å²) in [6, 6.07) is 0.365. The topological polar surface area (TPSA) is 127 Å². The van der Waals surface area contributed by atoms with Crippen LogP contribution in [0.1, 0.15) is 99.8 Å². The van der Waals surface area contributed by atoms with E-state index in [1.165, 1.54) is 6.42 Å². The van der Waals surface area contributed by atoms with Crippen LogP contribution in [0.5, 0.6) is 0 Å². The standard InChI is InChI=1S/C36H61N3O6/c1-9-43-29(32(5,6)42)22-16-20(2)26-27(44-22)28(40)36(37)24-11-10-23-31(3,4)25(45-30(41)39-17-21(18-39)38-8)12-13-34(23)19-35(24,34)15-14-33(26,36)7/h20-29,38,40,42H,9-19,37H2,1-8H3. The number of nitrogens with two attached hydrogens (primary N) is 1. The molecule has 7 rings (SSSR count). The molecule has 5 aliphatic carbocycles. The van der Waals surface area contributed by atoms with Crippen molar-refractivity contribution in [1.29, 1.82) is 0 Å². The molecule has 0 aromatic heterocycles. The Morgan fingerprint density at radius 3 is 2.42 bits per heavy atom. The zero-order chi connectivity index (χ0) is 32.5. The minimum absolute atomic E-state index is 0.0793. The molecule has 9 nitrogen and oxygen atoms in total. The molecule has 2 saturated heterocycles. The van der Waals surface area contributed by atoms with Crippen LogP contribution in [-0.4, -0.2) is 95.7 Å². The van der Waals surface area contributed by atoms with Crippen LogP contribution in [0.25, 0.3) is 0 Å². The number of aliphatic hydroxyl groups is 2. The highest BCUT2D eigenvalue weighted by Gasteiger charge is 2.85. The monoisotopic (exact) mass is 631 g/mol. The number of likely N-dealkylation sites (tertiary alicyclic amines) is 1. The van der Waals surface area contributed by atoms with Crippen LogP contribution in [0.3, 0.4) is 0 Å². The van der Waals surface area contributed by atoms with E-state index in [0.29, 0.717) is 24.5 Å². The van der Waals surface area contributed by atoms with Crippen LogP contribution in [0.4, 0.5) is 4.79 Å². The lowest BCUT2D eigenvalue weighted by molar-refractivity contribution is -0.214. The van der Waals surface area contributed by atoms with Crippen molar-refractivity contribution in [3.63, 3.8) is 0 Å². The van der Waals surface area contributed by atoms with Crippen molar-refractivity contribution in [1.82, 2.24) is 10.2 Å². The number of nitrogens with one attached hydrogen (secondary N) is 1. The summed E-state index contributed by atoms with van der Waals surface area (Å²) < 4.78 is 19.2. The van der Waals surface area contributed by atoms with Gasteiger partial charge < -0.3 is 40.4 Å². The van der Waals surface area contributed by atoms with Crippen molar-refractivity contribution in [2.45, 2.75) is 148 Å². The molecule has 0 bridgehead atoms. The number of carbonyl (C=O) groups excluding carboxylic acids is 1. The predicted octanol–water partition coefficient (Wildman–Crippen LogP) is 4.08. The zero-order valence-electron chi connectivity index (χ0n) is 29.1. The Bertz CT molecular complexity index is 1190. The number of rotatable bonds is 6. The molecule has 7 fully saturated rings. The Hall–Kier alpha value is -0.970. The van der Waals surface area contributed by atoms with Gasteiger partial charge in [0, 0.05) is 31.2 Å². The predicted molar refractivity (Wildman–Crippen MR) is 171 cm³/mol. The second-order valence-corrected chi connectivity index (χ2v) is 18.0. The van der Waals surface area contributed by atoms with Crippen LogP contribution in [0.2, 0.25) is 0 Å². The first-order valence-corrected chi connectivity index (χ1v) is 18.1. The van der Waals surface area contributed by atoms with Gasteiger partial charge in [0.15, 0.2) is 0 Å². The normalized spacial score (nSPS) is 50.7. The Morgan fingerprint density at radius 1 is 1.11 bits per heavy atom. The van der Waals surface area contributed by atoms with Gasteiger partial charge in [-0.3, -0.25) is 0 Å². The second kappa shape index (κ2) is 10.3. The van der Waals surface area contributed by atoms with E-state index in [1.807, 2.05) is 18.9 Å². The number of fused-ring (bicyclic) bond motifs is 4. The third kappa shape index (κ3) is 4.16. The van der Waals surface area contributed by atoms with Crippen LogP contribution < -0.4 is 11.1 Å². The van der Waals surface area contributed by atoms with E-state index < -0.39 is 23.3 Å². The SMILES string of the molecule is CCOC(C1CC(C)C2C(O1)C(O)C1(N)C3CCC4C(C)(C)C(OC(=O)N5CC(NC)C5)CCC45CC35CCC21C)C(C)(C)O. The average molecular weight is 632 g/mol. The summed E-state index contributed by atoms with van der Waals surface area (Å²) in [6.07, 6.45) is 6.02. The number of aliphatic hydroxyl groups excluding tert-OH is 1. The first-order valence-electron chi connectivity index (χ1n) is 18.1. The van der Waals surface area contributed by atoms with Crippen molar-refractivity contribution < 1.29 is 29.2 Å². The van der Waals surface area contributed by atoms with E-state index in [0.717, 1.165) is 58.0 Å². The summed E-state index contributed by atoms with van der Waals surface area (Å²) >= 11 is 0. The molecular weight excluding hydrogens is 570 g/mol. The van der Waals surface area contributed by atoms with E-state index in [4.69, 9.17) is 19.9 Å². The molecule has 2 aliphatic heterocycles. The molecule has 0 aromatic carbocycles. The van der Waals surface area contributed by atoms with Gasteiger partial charge in [0.1, 0.15) is 12.2 Å². The fourth-order valence-electron chi connectivity index (χ4n) is 13.3. The van der Waals surface area contributed by atoms with E-state index in [2.05, 4.69) is 33.0 Å². The summed E-state index contributed by atoms with van der Waals surface area (Å²) in [7, 11) is 1.94. The fourth-order valence-corrected chi connectivity index (χ4v) is 13.3. The third-order valence-corrected chi connectivity index (χ3v) is 15.4. The lowest BCUT2D eigenvalue weighted by Crippen LogP contribution is -2.70. The van der Waals surface area contributed by atoms with Crippen molar-refractivity contribution >= 4 is 6.09 Å². The van der Waals surface area contributed by atoms with Gasteiger partial charge in [0.2, 0.25) is 0 Å². The van der Waals surface area contributed by atoms with Gasteiger partial charge in [-0.15, -0.1) is 0 Å². The van der Waals surface area contributed by atoms with Gasteiger partial charge >= 0.3 is 6.09 Å². The highest BCUT2D eigenvalue weighted by Crippen LogP contribution is 2.87. The number of likely N-dealkylation sites (N-methyl/N-ethyl adjacent to an activating group) is 1. The molecule has 1 amide bonds. The van der Waals surface area contributed by atoms with Gasteiger partial charge in [-0.25, -0.2) is 4.79 Å². The minimum atomic E-state index is -1.05. The number of amides is 1. The van der Waals surface area contributed by atoms with Crippen LogP contribution in [0.15, 0.2) is 0 Å². The van der Waals surface area contributed by atoms with Gasteiger partial charge in [-0.05, 0) is 119 Å². The summed E-state index contributed by atoms with van der Waals surface area (Å²) in [5, 5.41) is 26.7. The van der Waals surface area contributed by atoms with Gasteiger partial charge in [-0.1, -0.05) is 27.7 Å². The van der Waals surface area contributed by atoms with Crippen molar-refractivity contribution in [2.24, 2.45) is 51.1 Å². The molecule has 0 aromatic rings. The number of hydrogen-bond acceptors (Lipinski definition) is 8. The Morgan fingerprint density at radius 2 is 1.78 bits per heavy atom. The molecule has 9 heteroatoms. The lowest BCUT2D eigenvalue weighted by Gasteiger charge is -2.63. The second-order valence-electron chi connectivity index (χ2n) is 18.0. The highest BCUT2D eigenvalue weighted by molar-refractivity contribution is 5.69. The summed E-state index contributed by atoms with van der Waals surface area (Å²) in [6.45, 7) is 16.8. The molecule has 13 unspecified atom stereocenters. The van der Waals surface area contributed by atoms with Crippen LogP contribution >= 0.6 is 0 Å². The number of carbonyl (C=O) groups is 1. The first kappa shape index (κ1) is 32.6. The van der Waals surface area contributed by atoms with Crippen molar-refractivity contribution in [2.75, 3.05) is 26.7 Å². The number of ether oxygens (including phenoxy) is 3. The van der Waals surface area contributed by atoms with E-state index in [-0.39, 0.29) is 57.9 Å². The van der Waals surface area contributed by atoms with E-state index in [9.17, 15) is 15.0 Å². The van der Waals surface area contributed by atoms with Crippen molar-refractivity contribution in [3.8, 4) is 0 Å². The van der Waals surface area contributed by atoms with Crippen molar-refractivity contribution in [3.05, 3.63) is 0 Å². The fraction of sp³-hybridized carbons (Fsp3) is 0.972. The Labute approximate surface area is 270 Å². The van der Waals surface area contributed by atoms with Crippen LogP contribution in [0, 0.1) is 45.3 Å². The third-order valence-electron chi connectivity index (χ3n) is 15.4. The zero-order valence-corrected chi connectivity index (χ0v) is 29.1. The number of hydrogen-bond donors (Lipinski definition) is 4. The molecule has 45 heavy (non-hydrogen) atoms. The van der Waals surface area contributed by atoms with Gasteiger partial charge in [0.05, 0.1) is 29.5 Å². The van der Waals surface area contributed by atoms with Gasteiger partial charge in [0.25, 0.3) is 0 Å². The van der Waals surface area contributed by atoms with Crippen LogP contribution in [-0.2, 0) is 14.2 Å². The Balaban J connectivity index is 1.13. The Kier molecular flexibility index (Phi) is 7.43. The average Bonchev–Trinajstić information content (AvgIpc) is 3.57. The summed E-state index contributed by atoms with van der Waals surface area (Å²) in [4.78, 5) is 14.9. The molecule has 5 saturated carbocycles. The summed E-state index contributed by atoms with van der Waals surface area (Å²) in [5.74, 6) is 1.17. The maximum atomic E-state index is 13.1. The molecule has 13 atom stereocenters. The van der Waals surface area contributed by atoms with E-state index in [1.54, 1.807) is 13.8 Å². The smallest absolute Gasteiger partial charge is 0.410 e. The maximum absolute atomic E-state index is 13.1. The number of nitrogens with zero attached hydrogens (tertiary/aromatic N) is 1. The lowest BCUT2D eigenvalue weighted by atomic mass is 9.43. The molecular formula is C36H61N3O6. The molecule has 256 valence electrons. The first-order chi connectivity index (χ1) is 21.0. The molecule has 5 N–H and O–H groups in total.